The summed E-state index contributed by atoms with van der Waals surface area (Å²) in [7, 11) is 1.46. The first-order chi connectivity index (χ1) is 8.79. The molecule has 0 spiro atoms. The van der Waals surface area contributed by atoms with Crippen molar-refractivity contribution in [2.45, 2.75) is 13.1 Å². The van der Waals surface area contributed by atoms with Gasteiger partial charge < -0.3 is 10.1 Å². The lowest BCUT2D eigenvalue weighted by atomic mass is 10.2. The number of nitrogens with one attached hydrogen (secondary N) is 1. The molecule has 0 saturated carbocycles. The standard InChI is InChI=1S/C14H15FN2O.2ClH/c1-18-14-7-11(4-5-13(14)15)8-17-10-12-3-2-6-16-9-12;;/h2-7,9,17H,8,10H2,1H3;2*1H. The number of aromatic nitrogens is 1. The topological polar surface area (TPSA) is 34.1 Å². The van der Waals surface area contributed by atoms with Crippen molar-refractivity contribution in [2.75, 3.05) is 7.11 Å². The molecule has 110 valence electrons. The number of hydrogen-bond acceptors (Lipinski definition) is 3. The van der Waals surface area contributed by atoms with Gasteiger partial charge in [0.15, 0.2) is 11.6 Å². The number of rotatable bonds is 5. The van der Waals surface area contributed by atoms with E-state index in [1.165, 1.54) is 13.2 Å². The van der Waals surface area contributed by atoms with Gasteiger partial charge in [-0.25, -0.2) is 4.39 Å². The minimum atomic E-state index is -0.339. The van der Waals surface area contributed by atoms with Gasteiger partial charge >= 0.3 is 0 Å². The Labute approximate surface area is 130 Å². The number of nitrogens with zero attached hydrogens (tertiary/aromatic N) is 1. The summed E-state index contributed by atoms with van der Waals surface area (Å²) in [5.74, 6) is -0.0656. The van der Waals surface area contributed by atoms with E-state index in [1.807, 2.05) is 18.3 Å². The van der Waals surface area contributed by atoms with Gasteiger partial charge in [0.1, 0.15) is 0 Å². The van der Waals surface area contributed by atoms with E-state index in [0.29, 0.717) is 6.54 Å². The SMILES string of the molecule is COc1cc(CNCc2cccnc2)ccc1F.Cl.Cl. The first-order valence-electron chi connectivity index (χ1n) is 5.71. The van der Waals surface area contributed by atoms with Crippen molar-refractivity contribution < 1.29 is 9.13 Å². The molecular formula is C14H17Cl2FN2O. The van der Waals surface area contributed by atoms with Crippen LogP contribution in [0.3, 0.4) is 0 Å². The van der Waals surface area contributed by atoms with E-state index < -0.39 is 0 Å². The molecule has 2 rings (SSSR count). The highest BCUT2D eigenvalue weighted by Gasteiger charge is 2.03. The number of ether oxygens (including phenoxy) is 1. The third kappa shape index (κ3) is 5.33. The van der Waals surface area contributed by atoms with Crippen LogP contribution in [0.2, 0.25) is 0 Å². The molecule has 0 aliphatic rings. The summed E-state index contributed by atoms with van der Waals surface area (Å²) in [5, 5.41) is 3.27. The Kier molecular flexibility index (Phi) is 8.88. The summed E-state index contributed by atoms with van der Waals surface area (Å²) < 4.78 is 18.1. The second-order valence-electron chi connectivity index (χ2n) is 3.93. The van der Waals surface area contributed by atoms with Crippen molar-refractivity contribution >= 4 is 24.8 Å². The molecule has 20 heavy (non-hydrogen) atoms. The van der Waals surface area contributed by atoms with E-state index in [4.69, 9.17) is 4.74 Å². The first-order valence-corrected chi connectivity index (χ1v) is 5.71. The Morgan fingerprint density at radius 2 is 1.90 bits per heavy atom. The first kappa shape index (κ1) is 18.6. The molecule has 0 aliphatic carbocycles. The van der Waals surface area contributed by atoms with Gasteiger partial charge in [0.2, 0.25) is 0 Å². The van der Waals surface area contributed by atoms with Crippen LogP contribution in [0, 0.1) is 5.82 Å². The van der Waals surface area contributed by atoms with E-state index in [-0.39, 0.29) is 36.4 Å². The van der Waals surface area contributed by atoms with Crippen molar-refractivity contribution in [1.29, 1.82) is 0 Å². The lowest BCUT2D eigenvalue weighted by molar-refractivity contribution is 0.385. The van der Waals surface area contributed by atoms with E-state index in [2.05, 4.69) is 10.3 Å². The number of methoxy groups -OCH3 is 1. The van der Waals surface area contributed by atoms with Crippen molar-refractivity contribution in [3.8, 4) is 5.75 Å². The van der Waals surface area contributed by atoms with Crippen molar-refractivity contribution in [2.24, 2.45) is 0 Å². The minimum Gasteiger partial charge on any atom is -0.494 e. The highest BCUT2D eigenvalue weighted by Crippen LogP contribution is 2.18. The number of halogens is 3. The quantitative estimate of drug-likeness (QED) is 0.917. The van der Waals surface area contributed by atoms with Crippen LogP contribution in [0.4, 0.5) is 4.39 Å². The van der Waals surface area contributed by atoms with Crippen LogP contribution in [0.15, 0.2) is 42.7 Å². The van der Waals surface area contributed by atoms with Crippen LogP contribution in [0.25, 0.3) is 0 Å². The van der Waals surface area contributed by atoms with Crippen molar-refractivity contribution in [3.63, 3.8) is 0 Å². The van der Waals surface area contributed by atoms with Gasteiger partial charge in [0.25, 0.3) is 0 Å². The summed E-state index contributed by atoms with van der Waals surface area (Å²) in [4.78, 5) is 4.04. The largest absolute Gasteiger partial charge is 0.494 e. The van der Waals surface area contributed by atoms with E-state index in [1.54, 1.807) is 18.3 Å². The van der Waals surface area contributed by atoms with Crippen LogP contribution in [-0.4, -0.2) is 12.1 Å². The maximum Gasteiger partial charge on any atom is 0.165 e. The molecule has 1 aromatic heterocycles. The Balaban J connectivity index is 0.00000180. The van der Waals surface area contributed by atoms with Crippen molar-refractivity contribution in [1.82, 2.24) is 10.3 Å². The average Bonchev–Trinajstić information content (AvgIpc) is 2.42. The second kappa shape index (κ2) is 9.53. The fraction of sp³-hybridized carbons (Fsp3) is 0.214. The maximum atomic E-state index is 13.2. The van der Waals surface area contributed by atoms with E-state index >= 15 is 0 Å². The Morgan fingerprint density at radius 3 is 2.55 bits per heavy atom. The van der Waals surface area contributed by atoms with Crippen LogP contribution < -0.4 is 10.1 Å². The predicted octanol–water partition coefficient (Wildman–Crippen LogP) is 3.36. The molecule has 0 saturated heterocycles. The Bertz CT molecular complexity index is 512. The van der Waals surface area contributed by atoms with Gasteiger partial charge in [0.05, 0.1) is 7.11 Å². The molecule has 1 N–H and O–H groups in total. The molecule has 0 atom stereocenters. The highest BCUT2D eigenvalue weighted by atomic mass is 35.5. The van der Waals surface area contributed by atoms with Gasteiger partial charge in [-0.1, -0.05) is 12.1 Å². The normalized spacial score (nSPS) is 9.30. The van der Waals surface area contributed by atoms with Crippen LogP contribution in [0.1, 0.15) is 11.1 Å². The Morgan fingerprint density at radius 1 is 1.15 bits per heavy atom. The zero-order valence-electron chi connectivity index (χ0n) is 11.0. The van der Waals surface area contributed by atoms with Crippen LogP contribution in [-0.2, 0) is 13.1 Å². The monoisotopic (exact) mass is 318 g/mol. The third-order valence-corrected chi connectivity index (χ3v) is 2.60. The van der Waals surface area contributed by atoms with Gasteiger partial charge in [-0.15, -0.1) is 24.8 Å². The molecule has 3 nitrogen and oxygen atoms in total. The molecule has 1 aromatic carbocycles. The third-order valence-electron chi connectivity index (χ3n) is 2.60. The fourth-order valence-electron chi connectivity index (χ4n) is 1.67. The summed E-state index contributed by atoms with van der Waals surface area (Å²) >= 11 is 0. The number of benzene rings is 1. The minimum absolute atomic E-state index is 0. The zero-order valence-corrected chi connectivity index (χ0v) is 12.6. The van der Waals surface area contributed by atoms with Gasteiger partial charge in [0, 0.05) is 25.5 Å². The van der Waals surface area contributed by atoms with E-state index in [9.17, 15) is 4.39 Å². The van der Waals surface area contributed by atoms with Crippen molar-refractivity contribution in [3.05, 3.63) is 59.7 Å². The molecule has 0 radical (unpaired) electrons. The summed E-state index contributed by atoms with van der Waals surface area (Å²) in [6.07, 6.45) is 3.56. The second-order valence-corrected chi connectivity index (χ2v) is 3.93. The maximum absolute atomic E-state index is 13.2. The summed E-state index contributed by atoms with van der Waals surface area (Å²) in [6.45, 7) is 1.39. The molecule has 2 aromatic rings. The molecule has 0 bridgehead atoms. The number of hydrogen-bond donors (Lipinski definition) is 1. The Hall–Kier alpha value is -1.36. The fourth-order valence-corrected chi connectivity index (χ4v) is 1.67. The van der Waals surface area contributed by atoms with Gasteiger partial charge in [-0.05, 0) is 29.3 Å². The summed E-state index contributed by atoms with van der Waals surface area (Å²) in [6, 6.07) is 8.77. The average molecular weight is 319 g/mol. The summed E-state index contributed by atoms with van der Waals surface area (Å²) in [5.41, 5.74) is 2.10. The molecule has 6 heteroatoms. The van der Waals surface area contributed by atoms with Crippen LogP contribution in [0.5, 0.6) is 5.75 Å². The predicted molar refractivity (Wildman–Crippen MR) is 82.2 cm³/mol. The lowest BCUT2D eigenvalue weighted by Gasteiger charge is -2.07. The molecule has 0 amide bonds. The molecule has 0 fully saturated rings. The molecule has 0 aliphatic heterocycles. The lowest BCUT2D eigenvalue weighted by Crippen LogP contribution is -2.12. The van der Waals surface area contributed by atoms with Gasteiger partial charge in [-0.2, -0.15) is 0 Å². The molecule has 0 unspecified atom stereocenters. The highest BCUT2D eigenvalue weighted by molar-refractivity contribution is 5.85. The molecule has 1 heterocycles. The van der Waals surface area contributed by atoms with Crippen LogP contribution >= 0.6 is 24.8 Å². The number of pyridine rings is 1. The smallest absolute Gasteiger partial charge is 0.165 e. The zero-order chi connectivity index (χ0) is 12.8. The van der Waals surface area contributed by atoms with Gasteiger partial charge in [-0.3, -0.25) is 4.98 Å². The van der Waals surface area contributed by atoms with E-state index in [0.717, 1.165) is 17.7 Å². The molecular weight excluding hydrogens is 302 g/mol.